The lowest BCUT2D eigenvalue weighted by Crippen LogP contribution is -2.29. The molecule has 1 fully saturated rings. The third kappa shape index (κ3) is 5.74. The molecule has 3 rings (SSSR count). The van der Waals surface area contributed by atoms with Gasteiger partial charge >= 0.3 is 0 Å². The topological polar surface area (TPSA) is 77.1 Å². The zero-order chi connectivity index (χ0) is 22.4. The van der Waals surface area contributed by atoms with E-state index in [2.05, 4.69) is 5.32 Å². The van der Waals surface area contributed by atoms with Crippen LogP contribution >= 0.6 is 23.2 Å². The summed E-state index contributed by atoms with van der Waals surface area (Å²) in [5.74, 6) is 0.899. The molecule has 2 aromatic rings. The number of rotatable bonds is 8. The van der Waals surface area contributed by atoms with E-state index in [1.807, 2.05) is 0 Å². The van der Waals surface area contributed by atoms with Gasteiger partial charge in [-0.05, 0) is 31.0 Å². The van der Waals surface area contributed by atoms with Gasteiger partial charge in [0.25, 0.3) is 5.91 Å². The fourth-order valence-corrected chi connectivity index (χ4v) is 3.58. The first-order chi connectivity index (χ1) is 14.9. The molecule has 0 unspecified atom stereocenters. The quantitative estimate of drug-likeness (QED) is 0.612. The average molecular weight is 467 g/mol. The lowest BCUT2D eigenvalue weighted by molar-refractivity contribution is -0.116. The van der Waals surface area contributed by atoms with Gasteiger partial charge in [-0.1, -0.05) is 23.2 Å². The molecule has 7 nitrogen and oxygen atoms in total. The standard InChI is InChI=1S/C22H24Cl2N2O5/c1-29-19-12-15(22(28)26-8-3-4-9-26)18(13-20(19)30-2)25-21(27)7-10-31-14-5-6-16(23)17(24)11-14/h5-6,11-13H,3-4,7-10H2,1-2H3,(H,25,27). The van der Waals surface area contributed by atoms with E-state index in [1.165, 1.54) is 14.2 Å². The van der Waals surface area contributed by atoms with Crippen LogP contribution in [-0.2, 0) is 4.79 Å². The molecule has 1 saturated heterocycles. The maximum absolute atomic E-state index is 13.0. The van der Waals surface area contributed by atoms with Crippen molar-refractivity contribution in [1.82, 2.24) is 4.90 Å². The minimum absolute atomic E-state index is 0.0753. The monoisotopic (exact) mass is 466 g/mol. The van der Waals surface area contributed by atoms with E-state index in [9.17, 15) is 9.59 Å². The van der Waals surface area contributed by atoms with Crippen LogP contribution in [0, 0.1) is 0 Å². The fourth-order valence-electron chi connectivity index (χ4n) is 3.29. The predicted octanol–water partition coefficient (Wildman–Crippen LogP) is 4.65. The van der Waals surface area contributed by atoms with Crippen molar-refractivity contribution in [3.05, 3.63) is 45.9 Å². The van der Waals surface area contributed by atoms with E-state index >= 15 is 0 Å². The van der Waals surface area contributed by atoms with E-state index in [0.29, 0.717) is 51.6 Å². The number of likely N-dealkylation sites (tertiary alicyclic amines) is 1. The van der Waals surface area contributed by atoms with Gasteiger partial charge in [0.05, 0.1) is 48.5 Å². The van der Waals surface area contributed by atoms with Crippen LogP contribution in [0.15, 0.2) is 30.3 Å². The Bertz CT molecular complexity index is 961. The summed E-state index contributed by atoms with van der Waals surface area (Å²) in [6, 6.07) is 8.08. The first-order valence-corrected chi connectivity index (χ1v) is 10.6. The number of hydrogen-bond acceptors (Lipinski definition) is 5. The van der Waals surface area contributed by atoms with Crippen molar-refractivity contribution in [2.24, 2.45) is 0 Å². The van der Waals surface area contributed by atoms with Crippen molar-refractivity contribution in [2.75, 3.05) is 39.2 Å². The number of nitrogens with one attached hydrogen (secondary N) is 1. The lowest BCUT2D eigenvalue weighted by Gasteiger charge is -2.20. The normalized spacial score (nSPS) is 13.1. The highest BCUT2D eigenvalue weighted by atomic mass is 35.5. The van der Waals surface area contributed by atoms with Crippen molar-refractivity contribution >= 4 is 40.7 Å². The molecular formula is C22H24Cl2N2O5. The van der Waals surface area contributed by atoms with Gasteiger partial charge in [-0.25, -0.2) is 0 Å². The summed E-state index contributed by atoms with van der Waals surface area (Å²) in [4.78, 5) is 27.3. The number of halogens is 2. The number of methoxy groups -OCH3 is 2. The SMILES string of the molecule is COc1cc(NC(=O)CCOc2ccc(Cl)c(Cl)c2)c(C(=O)N2CCCC2)cc1OC. The van der Waals surface area contributed by atoms with Crippen molar-refractivity contribution in [1.29, 1.82) is 0 Å². The highest BCUT2D eigenvalue weighted by molar-refractivity contribution is 6.42. The Labute approximate surface area is 191 Å². The Morgan fingerprint density at radius 1 is 1.00 bits per heavy atom. The van der Waals surface area contributed by atoms with Gasteiger partial charge in [-0.2, -0.15) is 0 Å². The van der Waals surface area contributed by atoms with Crippen LogP contribution in [0.1, 0.15) is 29.6 Å². The first-order valence-electron chi connectivity index (χ1n) is 9.86. The predicted molar refractivity (Wildman–Crippen MR) is 120 cm³/mol. The second-order valence-corrected chi connectivity index (χ2v) is 7.79. The minimum Gasteiger partial charge on any atom is -0.493 e. The molecule has 1 aliphatic rings. The van der Waals surface area contributed by atoms with E-state index < -0.39 is 0 Å². The zero-order valence-corrected chi connectivity index (χ0v) is 18.9. The van der Waals surface area contributed by atoms with Crippen LogP contribution in [0.5, 0.6) is 17.2 Å². The van der Waals surface area contributed by atoms with Gasteiger partial charge in [-0.3, -0.25) is 9.59 Å². The molecule has 2 aromatic carbocycles. The van der Waals surface area contributed by atoms with Crippen LogP contribution in [0.25, 0.3) is 0 Å². The summed E-state index contributed by atoms with van der Waals surface area (Å²) < 4.78 is 16.2. The largest absolute Gasteiger partial charge is 0.493 e. The highest BCUT2D eigenvalue weighted by Gasteiger charge is 2.25. The second kappa shape index (κ2) is 10.6. The van der Waals surface area contributed by atoms with Crippen LogP contribution in [0.2, 0.25) is 10.0 Å². The zero-order valence-electron chi connectivity index (χ0n) is 17.4. The highest BCUT2D eigenvalue weighted by Crippen LogP contribution is 2.34. The minimum atomic E-state index is -0.303. The second-order valence-electron chi connectivity index (χ2n) is 6.97. The van der Waals surface area contributed by atoms with Gasteiger partial charge in [0.2, 0.25) is 5.91 Å². The van der Waals surface area contributed by atoms with Crippen LogP contribution in [-0.4, -0.2) is 50.6 Å². The Morgan fingerprint density at radius 3 is 2.32 bits per heavy atom. The number of anilines is 1. The van der Waals surface area contributed by atoms with Gasteiger partial charge in [0.1, 0.15) is 5.75 Å². The molecule has 1 aliphatic heterocycles. The van der Waals surface area contributed by atoms with E-state index in [1.54, 1.807) is 35.2 Å². The molecule has 0 radical (unpaired) electrons. The van der Waals surface area contributed by atoms with Crippen LogP contribution < -0.4 is 19.5 Å². The number of carbonyl (C=O) groups is 2. The van der Waals surface area contributed by atoms with Crippen molar-refractivity contribution in [3.8, 4) is 17.2 Å². The Balaban J connectivity index is 1.71. The van der Waals surface area contributed by atoms with E-state index in [4.69, 9.17) is 37.4 Å². The average Bonchev–Trinajstić information content (AvgIpc) is 3.30. The maximum atomic E-state index is 13.0. The van der Waals surface area contributed by atoms with Crippen LogP contribution in [0.4, 0.5) is 5.69 Å². The number of hydrogen-bond donors (Lipinski definition) is 1. The summed E-state index contributed by atoms with van der Waals surface area (Å²) in [5, 5.41) is 3.60. The van der Waals surface area contributed by atoms with Gasteiger partial charge in [0.15, 0.2) is 11.5 Å². The van der Waals surface area contributed by atoms with E-state index in [-0.39, 0.29) is 24.8 Å². The fraction of sp³-hybridized carbons (Fsp3) is 0.364. The van der Waals surface area contributed by atoms with Crippen LogP contribution in [0.3, 0.4) is 0 Å². The summed E-state index contributed by atoms with van der Waals surface area (Å²) in [6.07, 6.45) is 2.01. The third-order valence-electron chi connectivity index (χ3n) is 4.91. The van der Waals surface area contributed by atoms with Crippen molar-refractivity contribution in [3.63, 3.8) is 0 Å². The van der Waals surface area contributed by atoms with Gasteiger partial charge in [-0.15, -0.1) is 0 Å². The molecule has 0 aliphatic carbocycles. The molecule has 0 aromatic heterocycles. The summed E-state index contributed by atoms with van der Waals surface area (Å²) in [7, 11) is 3.00. The van der Waals surface area contributed by atoms with Crippen molar-refractivity contribution in [2.45, 2.75) is 19.3 Å². The number of carbonyl (C=O) groups excluding carboxylic acids is 2. The maximum Gasteiger partial charge on any atom is 0.256 e. The smallest absolute Gasteiger partial charge is 0.256 e. The molecule has 31 heavy (non-hydrogen) atoms. The molecule has 0 spiro atoms. The molecule has 1 heterocycles. The summed E-state index contributed by atoms with van der Waals surface area (Å²) in [5.41, 5.74) is 0.729. The molecule has 1 N–H and O–H groups in total. The number of nitrogens with zero attached hydrogens (tertiary/aromatic N) is 1. The Kier molecular flexibility index (Phi) is 7.87. The first kappa shape index (κ1) is 23.0. The van der Waals surface area contributed by atoms with Gasteiger partial charge < -0.3 is 24.4 Å². The van der Waals surface area contributed by atoms with E-state index in [0.717, 1.165) is 12.8 Å². The lowest BCUT2D eigenvalue weighted by atomic mass is 10.1. The summed E-state index contributed by atoms with van der Waals surface area (Å²) in [6.45, 7) is 1.52. The third-order valence-corrected chi connectivity index (χ3v) is 5.65. The molecule has 0 atom stereocenters. The Hall–Kier alpha value is -2.64. The summed E-state index contributed by atoms with van der Waals surface area (Å²) >= 11 is 11.9. The number of ether oxygens (including phenoxy) is 3. The molecule has 0 bridgehead atoms. The molecule has 9 heteroatoms. The molecule has 2 amide bonds. The van der Waals surface area contributed by atoms with Gasteiger partial charge in [0, 0.05) is 25.2 Å². The Morgan fingerprint density at radius 2 is 1.68 bits per heavy atom. The van der Waals surface area contributed by atoms with Crippen molar-refractivity contribution < 1.29 is 23.8 Å². The molecule has 0 saturated carbocycles. The number of amides is 2. The molecule has 166 valence electrons. The number of benzene rings is 2. The molecular weight excluding hydrogens is 443 g/mol.